The molecule has 2 nitrogen and oxygen atoms in total. The van der Waals surface area contributed by atoms with E-state index in [1.165, 1.54) is 32.1 Å². The van der Waals surface area contributed by atoms with Crippen LogP contribution in [-0.2, 0) is 0 Å². The Labute approximate surface area is 93.8 Å². The van der Waals surface area contributed by atoms with E-state index < -0.39 is 0 Å². The molecule has 1 saturated carbocycles. The number of nitrogens with one attached hydrogen (secondary N) is 1. The first-order chi connectivity index (χ1) is 7.33. The molecule has 0 amide bonds. The monoisotopic (exact) mass is 211 g/mol. The van der Waals surface area contributed by atoms with E-state index in [1.54, 1.807) is 0 Å². The fourth-order valence-corrected chi connectivity index (χ4v) is 2.42. The molecule has 0 aromatic heterocycles. The third kappa shape index (κ3) is 4.35. The van der Waals surface area contributed by atoms with Crippen LogP contribution in [0.3, 0.4) is 0 Å². The molecule has 1 aliphatic rings. The van der Waals surface area contributed by atoms with Gasteiger partial charge in [0.05, 0.1) is 0 Å². The Morgan fingerprint density at radius 2 is 2.00 bits per heavy atom. The molecule has 2 heteroatoms. The van der Waals surface area contributed by atoms with E-state index in [9.17, 15) is 5.11 Å². The first-order valence-corrected chi connectivity index (χ1v) is 6.25. The maximum absolute atomic E-state index is 9.49. The Bertz CT molecular complexity index is 173. The molecule has 0 aromatic rings. The molecule has 0 heterocycles. The fraction of sp³-hybridized carbons (Fsp3) is 0.846. The number of hydrogen-bond donors (Lipinski definition) is 2. The van der Waals surface area contributed by atoms with Gasteiger partial charge in [-0.2, -0.15) is 0 Å². The van der Waals surface area contributed by atoms with Crippen molar-refractivity contribution in [3.63, 3.8) is 0 Å². The lowest BCUT2D eigenvalue weighted by Crippen LogP contribution is -2.39. The Morgan fingerprint density at radius 3 is 2.60 bits per heavy atom. The predicted octanol–water partition coefficient (Wildman–Crippen LogP) is 2.49. The SMILES string of the molecule is C=CCCCNCC1(CO)CCCCC1. The molecule has 0 radical (unpaired) electrons. The summed E-state index contributed by atoms with van der Waals surface area (Å²) in [7, 11) is 0. The second-order valence-corrected chi connectivity index (χ2v) is 4.83. The first kappa shape index (κ1) is 12.7. The van der Waals surface area contributed by atoms with Crippen LogP contribution in [0.4, 0.5) is 0 Å². The second kappa shape index (κ2) is 7.02. The third-order valence-electron chi connectivity index (χ3n) is 3.51. The topological polar surface area (TPSA) is 32.3 Å². The summed E-state index contributed by atoms with van der Waals surface area (Å²) in [5, 5.41) is 13.0. The van der Waals surface area contributed by atoms with Crippen LogP contribution in [0.2, 0.25) is 0 Å². The van der Waals surface area contributed by atoms with E-state index in [0.29, 0.717) is 6.61 Å². The molecule has 0 unspecified atom stereocenters. The zero-order valence-electron chi connectivity index (χ0n) is 9.80. The van der Waals surface area contributed by atoms with Gasteiger partial charge in [-0.3, -0.25) is 0 Å². The van der Waals surface area contributed by atoms with Gasteiger partial charge in [0.15, 0.2) is 0 Å². The Morgan fingerprint density at radius 1 is 1.27 bits per heavy atom. The number of allylic oxidation sites excluding steroid dienone is 1. The normalized spacial score (nSPS) is 20.1. The summed E-state index contributed by atoms with van der Waals surface area (Å²) >= 11 is 0. The predicted molar refractivity (Wildman–Crippen MR) is 64.9 cm³/mol. The number of aliphatic hydroxyl groups is 1. The summed E-state index contributed by atoms with van der Waals surface area (Å²) in [5.41, 5.74) is 0.187. The average molecular weight is 211 g/mol. The summed E-state index contributed by atoms with van der Waals surface area (Å²) in [5.74, 6) is 0. The molecule has 0 saturated heterocycles. The molecule has 15 heavy (non-hydrogen) atoms. The molecule has 2 N–H and O–H groups in total. The molecular weight excluding hydrogens is 186 g/mol. The molecule has 1 fully saturated rings. The van der Waals surface area contributed by atoms with Crippen molar-refractivity contribution >= 4 is 0 Å². The van der Waals surface area contributed by atoms with Crippen LogP contribution in [0.15, 0.2) is 12.7 Å². The maximum Gasteiger partial charge on any atom is 0.0499 e. The Hall–Kier alpha value is -0.340. The van der Waals surface area contributed by atoms with Crippen molar-refractivity contribution in [2.75, 3.05) is 19.7 Å². The van der Waals surface area contributed by atoms with E-state index in [1.807, 2.05) is 6.08 Å². The highest BCUT2D eigenvalue weighted by molar-refractivity contribution is 4.84. The second-order valence-electron chi connectivity index (χ2n) is 4.83. The molecule has 0 aliphatic heterocycles. The van der Waals surface area contributed by atoms with Gasteiger partial charge in [-0.15, -0.1) is 6.58 Å². The van der Waals surface area contributed by atoms with Gasteiger partial charge in [0.2, 0.25) is 0 Å². The lowest BCUT2D eigenvalue weighted by Gasteiger charge is -2.35. The Balaban J connectivity index is 2.17. The first-order valence-electron chi connectivity index (χ1n) is 6.25. The maximum atomic E-state index is 9.49. The quantitative estimate of drug-likeness (QED) is 0.501. The van der Waals surface area contributed by atoms with Crippen LogP contribution < -0.4 is 5.32 Å². The van der Waals surface area contributed by atoms with Gasteiger partial charge in [-0.05, 0) is 32.2 Å². The molecule has 0 bridgehead atoms. The van der Waals surface area contributed by atoms with E-state index in [0.717, 1.165) is 25.9 Å². The number of aliphatic hydroxyl groups excluding tert-OH is 1. The van der Waals surface area contributed by atoms with Crippen molar-refractivity contribution in [1.82, 2.24) is 5.32 Å². The van der Waals surface area contributed by atoms with E-state index >= 15 is 0 Å². The molecule has 0 aromatic carbocycles. The summed E-state index contributed by atoms with van der Waals surface area (Å²) in [4.78, 5) is 0. The van der Waals surface area contributed by atoms with Crippen LogP contribution in [0.5, 0.6) is 0 Å². The van der Waals surface area contributed by atoms with Crippen LogP contribution in [-0.4, -0.2) is 24.8 Å². The van der Waals surface area contributed by atoms with Crippen molar-refractivity contribution in [1.29, 1.82) is 0 Å². The lowest BCUT2D eigenvalue weighted by molar-refractivity contribution is 0.0815. The molecule has 1 aliphatic carbocycles. The van der Waals surface area contributed by atoms with Crippen molar-refractivity contribution in [3.8, 4) is 0 Å². The minimum atomic E-state index is 0.187. The van der Waals surface area contributed by atoms with Crippen molar-refractivity contribution in [2.24, 2.45) is 5.41 Å². The average Bonchev–Trinajstić information content (AvgIpc) is 2.30. The highest BCUT2D eigenvalue weighted by Gasteiger charge is 2.30. The molecule has 1 rings (SSSR count). The summed E-state index contributed by atoms with van der Waals surface area (Å²) < 4.78 is 0. The van der Waals surface area contributed by atoms with Gasteiger partial charge in [-0.25, -0.2) is 0 Å². The standard InChI is InChI=1S/C13H25NO/c1-2-3-7-10-14-11-13(12-15)8-5-4-6-9-13/h2,14-15H,1,3-12H2. The Kier molecular flexibility index (Phi) is 5.96. The molecule has 88 valence electrons. The minimum Gasteiger partial charge on any atom is -0.396 e. The van der Waals surface area contributed by atoms with Crippen molar-refractivity contribution in [2.45, 2.75) is 44.9 Å². The van der Waals surface area contributed by atoms with E-state index in [-0.39, 0.29) is 5.41 Å². The zero-order chi connectivity index (χ0) is 11.0. The fourth-order valence-electron chi connectivity index (χ4n) is 2.42. The van der Waals surface area contributed by atoms with Gasteiger partial charge < -0.3 is 10.4 Å². The van der Waals surface area contributed by atoms with E-state index in [2.05, 4.69) is 11.9 Å². The zero-order valence-corrected chi connectivity index (χ0v) is 9.80. The molecule has 0 spiro atoms. The summed E-state index contributed by atoms with van der Waals surface area (Å²) in [6, 6.07) is 0. The van der Waals surface area contributed by atoms with Gasteiger partial charge in [0, 0.05) is 18.6 Å². The molecule has 0 atom stereocenters. The van der Waals surface area contributed by atoms with Crippen molar-refractivity contribution in [3.05, 3.63) is 12.7 Å². The van der Waals surface area contributed by atoms with Crippen LogP contribution in [0.25, 0.3) is 0 Å². The third-order valence-corrected chi connectivity index (χ3v) is 3.51. The van der Waals surface area contributed by atoms with Crippen LogP contribution in [0, 0.1) is 5.41 Å². The highest BCUT2D eigenvalue weighted by Crippen LogP contribution is 2.35. The van der Waals surface area contributed by atoms with Crippen LogP contribution >= 0.6 is 0 Å². The van der Waals surface area contributed by atoms with Crippen LogP contribution in [0.1, 0.15) is 44.9 Å². The van der Waals surface area contributed by atoms with Crippen molar-refractivity contribution < 1.29 is 5.11 Å². The lowest BCUT2D eigenvalue weighted by atomic mass is 9.74. The largest absolute Gasteiger partial charge is 0.396 e. The highest BCUT2D eigenvalue weighted by atomic mass is 16.3. The number of hydrogen-bond acceptors (Lipinski definition) is 2. The minimum absolute atomic E-state index is 0.187. The van der Waals surface area contributed by atoms with Gasteiger partial charge in [0.1, 0.15) is 0 Å². The number of rotatable bonds is 7. The van der Waals surface area contributed by atoms with Gasteiger partial charge >= 0.3 is 0 Å². The summed E-state index contributed by atoms with van der Waals surface area (Å²) in [6.45, 7) is 6.10. The molecular formula is C13H25NO. The number of unbranched alkanes of at least 4 members (excludes halogenated alkanes) is 1. The smallest absolute Gasteiger partial charge is 0.0499 e. The van der Waals surface area contributed by atoms with Gasteiger partial charge in [-0.1, -0.05) is 25.3 Å². The van der Waals surface area contributed by atoms with Gasteiger partial charge in [0.25, 0.3) is 0 Å². The summed E-state index contributed by atoms with van der Waals surface area (Å²) in [6.07, 6.45) is 10.5. The van der Waals surface area contributed by atoms with E-state index in [4.69, 9.17) is 0 Å².